The standard InChI is InChI=1S/C53H71N7O13/c1-5-10-45-72-41-26-36-35-18-15-32-25-34(61)21-22-52(32,4)46(35)39(62)27-37(36)53(41,73-45)40(63)29-71-51(70)56-28-31-13-16-33(17-14-31)57-48(67)38(11-9-23-55-50(54)69)58-49(68)47(30(2)3)59-42(64)12-7-6-8-24-60-43(65)19-20-44(60)66/h13-14,16-17,19-22,25,30,35-39,41,45-47,62H,5-12,15,18,23-24,26-29H2,1-4H3,(H,56,70)(H,57,67)(H,58,68)(H,59,64)(H3,54,55,69)/t35-,36-,37?,38-,39-,41+,45?,46+,47?,52-,53+/m0/s1. The zero-order chi connectivity index (χ0) is 52.6. The molecule has 1 aromatic carbocycles. The number of alkyl carbamates (subject to hydrolysis) is 1. The molecule has 2 heterocycles. The van der Waals surface area contributed by atoms with E-state index in [9.17, 15) is 48.3 Å². The van der Waals surface area contributed by atoms with Crippen LogP contribution < -0.4 is 32.3 Å². The highest BCUT2D eigenvalue weighted by molar-refractivity contribution is 6.12. The zero-order valence-corrected chi connectivity index (χ0v) is 42.2. The highest BCUT2D eigenvalue weighted by Gasteiger charge is 2.70. The lowest BCUT2D eigenvalue weighted by Crippen LogP contribution is -2.58. The molecule has 1 aromatic rings. The van der Waals surface area contributed by atoms with Gasteiger partial charge in [0.1, 0.15) is 12.1 Å². The average molecular weight is 1010 g/mol. The maximum absolute atomic E-state index is 14.4. The normalized spacial score (nSPS) is 28.5. The molecule has 0 bridgehead atoms. The molecule has 0 radical (unpaired) electrons. The van der Waals surface area contributed by atoms with Crippen LogP contribution >= 0.6 is 0 Å². The Kier molecular flexibility index (Phi) is 17.7. The van der Waals surface area contributed by atoms with Gasteiger partial charge < -0.3 is 51.6 Å². The van der Waals surface area contributed by atoms with E-state index in [2.05, 4.69) is 33.5 Å². The first-order chi connectivity index (χ1) is 34.8. The van der Waals surface area contributed by atoms with Gasteiger partial charge in [-0.1, -0.05) is 64.3 Å². The zero-order valence-electron chi connectivity index (χ0n) is 42.2. The smallest absolute Gasteiger partial charge is 0.407 e. The number of imide groups is 1. The van der Waals surface area contributed by atoms with Crippen LogP contribution in [0.3, 0.4) is 0 Å². The number of aliphatic hydroxyl groups is 1. The van der Waals surface area contributed by atoms with Crippen molar-refractivity contribution in [3.63, 3.8) is 0 Å². The molecule has 396 valence electrons. The Hall–Kier alpha value is -6.25. The lowest BCUT2D eigenvalue weighted by molar-refractivity contribution is -0.174. The number of rotatable bonds is 23. The number of hydrogen-bond donors (Lipinski definition) is 7. The van der Waals surface area contributed by atoms with Crippen molar-refractivity contribution in [3.8, 4) is 0 Å². The van der Waals surface area contributed by atoms with Crippen LogP contribution in [0, 0.1) is 35.0 Å². The summed E-state index contributed by atoms with van der Waals surface area (Å²) in [5, 5.41) is 25.3. The number of unbranched alkanes of at least 4 members (excludes halogenated alkanes) is 2. The van der Waals surface area contributed by atoms with E-state index in [1.807, 2.05) is 13.0 Å². The number of fused-ring (bicyclic) bond motifs is 7. The first-order valence-corrected chi connectivity index (χ1v) is 25.8. The van der Waals surface area contributed by atoms with Crippen LogP contribution in [0.5, 0.6) is 0 Å². The summed E-state index contributed by atoms with van der Waals surface area (Å²) in [7, 11) is 0. The Morgan fingerprint density at radius 1 is 0.918 bits per heavy atom. The molecule has 3 saturated carbocycles. The minimum absolute atomic E-state index is 0.0187. The molecule has 73 heavy (non-hydrogen) atoms. The predicted octanol–water partition coefficient (Wildman–Crippen LogP) is 3.76. The van der Waals surface area contributed by atoms with Gasteiger partial charge in [0.25, 0.3) is 11.8 Å². The van der Waals surface area contributed by atoms with Crippen molar-refractivity contribution in [1.29, 1.82) is 0 Å². The molecule has 11 atom stereocenters. The SMILES string of the molecule is CCCC1O[C@@H]2C[C@@H]3C(C[C@H](O)[C@H]4[C@H]3CCC3=CC(=O)C=C[C@@]34C)[C@]2(C(=O)COC(=O)NCc2ccc(NC(=O)[C@H](CCCNC(N)=O)NC(=O)C(NC(=O)CCCCCN3C(=O)C=CC3=O)C(C)C)cc2)O1. The number of primary amides is 1. The van der Waals surface area contributed by atoms with Crippen LogP contribution in [0.1, 0.15) is 110 Å². The third-order valence-corrected chi connectivity index (χ3v) is 15.6. The molecule has 20 nitrogen and oxygen atoms in total. The number of carbonyl (C=O) groups excluding carboxylic acids is 9. The molecule has 4 aliphatic carbocycles. The largest absolute Gasteiger partial charge is 0.441 e. The first kappa shape index (κ1) is 54.5. The number of aliphatic hydroxyl groups excluding tert-OH is 1. The minimum atomic E-state index is -1.39. The van der Waals surface area contributed by atoms with Crippen molar-refractivity contribution in [2.75, 3.05) is 25.0 Å². The Bertz CT molecular complexity index is 2370. The summed E-state index contributed by atoms with van der Waals surface area (Å²) in [5.41, 5.74) is 5.41. The molecule has 2 aliphatic heterocycles. The number of anilines is 1. The van der Waals surface area contributed by atoms with E-state index in [-0.39, 0.29) is 92.0 Å². The number of nitrogens with zero attached hydrogens (tertiary/aromatic N) is 1. The number of nitrogens with two attached hydrogens (primary N) is 1. The summed E-state index contributed by atoms with van der Waals surface area (Å²) in [6, 6.07) is 3.79. The van der Waals surface area contributed by atoms with Crippen molar-refractivity contribution in [2.45, 2.75) is 147 Å². The Balaban J connectivity index is 0.902. The molecule has 0 spiro atoms. The number of amides is 8. The first-order valence-electron chi connectivity index (χ1n) is 25.8. The van der Waals surface area contributed by atoms with E-state index in [0.29, 0.717) is 49.8 Å². The Labute approximate surface area is 425 Å². The number of ketones is 2. The summed E-state index contributed by atoms with van der Waals surface area (Å²) >= 11 is 0. The number of urea groups is 1. The molecule has 8 amide bonds. The van der Waals surface area contributed by atoms with E-state index in [1.54, 1.807) is 50.3 Å². The maximum atomic E-state index is 14.4. The summed E-state index contributed by atoms with van der Waals surface area (Å²) < 4.78 is 18.5. The van der Waals surface area contributed by atoms with Crippen LogP contribution in [0.25, 0.3) is 0 Å². The van der Waals surface area contributed by atoms with Gasteiger partial charge >= 0.3 is 12.1 Å². The third kappa shape index (κ3) is 12.4. The van der Waals surface area contributed by atoms with E-state index >= 15 is 0 Å². The van der Waals surface area contributed by atoms with Crippen LogP contribution in [0.15, 0.2) is 60.2 Å². The summed E-state index contributed by atoms with van der Waals surface area (Å²) in [5.74, 6) is -3.43. The van der Waals surface area contributed by atoms with Crippen molar-refractivity contribution < 1.29 is 62.5 Å². The number of ether oxygens (including phenoxy) is 3. The number of hydrogen-bond acceptors (Lipinski definition) is 13. The Morgan fingerprint density at radius 3 is 2.36 bits per heavy atom. The second-order valence-corrected chi connectivity index (χ2v) is 20.8. The lowest BCUT2D eigenvalue weighted by atomic mass is 9.49. The van der Waals surface area contributed by atoms with Crippen LogP contribution in [-0.4, -0.2) is 119 Å². The van der Waals surface area contributed by atoms with E-state index in [0.717, 1.165) is 29.7 Å². The molecular formula is C53H71N7O13. The van der Waals surface area contributed by atoms with Gasteiger partial charge in [-0.05, 0) is 105 Å². The number of nitrogens with one attached hydrogen (secondary N) is 5. The van der Waals surface area contributed by atoms with Crippen molar-refractivity contribution in [1.82, 2.24) is 26.2 Å². The predicted molar refractivity (Wildman–Crippen MR) is 264 cm³/mol. The van der Waals surface area contributed by atoms with Gasteiger partial charge in [-0.3, -0.25) is 38.5 Å². The van der Waals surface area contributed by atoms with Crippen molar-refractivity contribution in [3.05, 3.63) is 65.8 Å². The van der Waals surface area contributed by atoms with Crippen LogP contribution in [0.4, 0.5) is 15.3 Å². The molecule has 20 heteroatoms. The average Bonchev–Trinajstić information content (AvgIpc) is 3.98. The highest BCUT2D eigenvalue weighted by Crippen LogP contribution is 2.64. The quantitative estimate of drug-likeness (QED) is 0.0608. The van der Waals surface area contributed by atoms with Gasteiger partial charge in [-0.15, -0.1) is 0 Å². The number of carbonyl (C=O) groups is 9. The van der Waals surface area contributed by atoms with Crippen molar-refractivity contribution in [2.24, 2.45) is 40.7 Å². The van der Waals surface area contributed by atoms with Gasteiger partial charge in [0.05, 0.1) is 12.2 Å². The van der Waals surface area contributed by atoms with Gasteiger partial charge in [0.15, 0.2) is 24.3 Å². The van der Waals surface area contributed by atoms with Gasteiger partial charge in [-0.2, -0.15) is 0 Å². The lowest BCUT2D eigenvalue weighted by Gasteiger charge is -2.56. The van der Waals surface area contributed by atoms with Crippen LogP contribution in [0.2, 0.25) is 0 Å². The number of benzene rings is 1. The second kappa shape index (κ2) is 23.7. The fourth-order valence-corrected chi connectivity index (χ4v) is 12.1. The van der Waals surface area contributed by atoms with Gasteiger partial charge in [-0.25, -0.2) is 9.59 Å². The van der Waals surface area contributed by atoms with Gasteiger partial charge in [0, 0.05) is 61.1 Å². The molecule has 3 unspecified atom stereocenters. The molecule has 4 fully saturated rings. The number of allylic oxidation sites excluding steroid dienone is 4. The fraction of sp³-hybridized carbons (Fsp3) is 0.604. The highest BCUT2D eigenvalue weighted by atomic mass is 16.7. The molecular weight excluding hydrogens is 943 g/mol. The monoisotopic (exact) mass is 1010 g/mol. The summed E-state index contributed by atoms with van der Waals surface area (Å²) in [6.45, 7) is 7.46. The molecule has 6 aliphatic rings. The van der Waals surface area contributed by atoms with E-state index < -0.39 is 77.9 Å². The summed E-state index contributed by atoms with van der Waals surface area (Å²) in [4.78, 5) is 116. The third-order valence-electron chi connectivity index (χ3n) is 15.6. The molecule has 7 rings (SSSR count). The number of Topliss-reactive ketones (excluding diaryl/α,β-unsaturated/α-hetero) is 1. The van der Waals surface area contributed by atoms with Gasteiger partial charge in [0.2, 0.25) is 23.5 Å². The topological polar surface area (TPSA) is 291 Å². The van der Waals surface area contributed by atoms with Crippen LogP contribution in [-0.2, 0) is 54.3 Å². The molecule has 0 aromatic heterocycles. The fourth-order valence-electron chi connectivity index (χ4n) is 12.1. The maximum Gasteiger partial charge on any atom is 0.407 e. The second-order valence-electron chi connectivity index (χ2n) is 20.8. The van der Waals surface area contributed by atoms with E-state index in [4.69, 9.17) is 19.9 Å². The molecule has 1 saturated heterocycles. The molecule has 8 N–H and O–H groups in total. The Morgan fingerprint density at radius 2 is 1.66 bits per heavy atom. The minimum Gasteiger partial charge on any atom is -0.441 e. The van der Waals surface area contributed by atoms with E-state index in [1.165, 1.54) is 12.2 Å². The van der Waals surface area contributed by atoms with Crippen molar-refractivity contribution >= 4 is 58.9 Å². The summed E-state index contributed by atoms with van der Waals surface area (Å²) in [6.07, 6.45) is 10.7.